The van der Waals surface area contributed by atoms with Crippen molar-refractivity contribution in [1.29, 1.82) is 0 Å². The van der Waals surface area contributed by atoms with Crippen molar-refractivity contribution in [1.82, 2.24) is 5.32 Å². The summed E-state index contributed by atoms with van der Waals surface area (Å²) in [5.41, 5.74) is 0.806. The summed E-state index contributed by atoms with van der Waals surface area (Å²) in [7, 11) is 0. The van der Waals surface area contributed by atoms with Gasteiger partial charge in [-0.05, 0) is 31.0 Å². The Labute approximate surface area is 149 Å². The van der Waals surface area contributed by atoms with Crippen molar-refractivity contribution in [3.63, 3.8) is 0 Å². The number of carbonyl (C=O) groups excluding carboxylic acids is 1. The van der Waals surface area contributed by atoms with Crippen molar-refractivity contribution in [2.24, 2.45) is 0 Å². The molecule has 1 N–H and O–H groups in total. The highest BCUT2D eigenvalue weighted by Gasteiger charge is 2.38. The van der Waals surface area contributed by atoms with Gasteiger partial charge in [-0.2, -0.15) is 0 Å². The van der Waals surface area contributed by atoms with Gasteiger partial charge in [-0.25, -0.2) is 0 Å². The predicted octanol–water partition coefficient (Wildman–Crippen LogP) is 4.26. The maximum Gasteiger partial charge on any atom is 0.258 e. The van der Waals surface area contributed by atoms with Crippen LogP contribution in [-0.4, -0.2) is 18.1 Å². The summed E-state index contributed by atoms with van der Waals surface area (Å²) >= 11 is 0. The largest absolute Gasteiger partial charge is 0.487 e. The number of nitrogens with one attached hydrogen (secondary N) is 1. The summed E-state index contributed by atoms with van der Waals surface area (Å²) in [6.45, 7) is 4.28. The molecule has 0 unspecified atom stereocenters. The molecule has 4 nitrogen and oxygen atoms in total. The topological polar surface area (TPSA) is 47.6 Å². The summed E-state index contributed by atoms with van der Waals surface area (Å²) in [5, 5.41) is 3.12. The van der Waals surface area contributed by atoms with E-state index in [1.165, 1.54) is 0 Å². The monoisotopic (exact) mass is 339 g/mol. The van der Waals surface area contributed by atoms with Gasteiger partial charge in [-0.3, -0.25) is 4.79 Å². The van der Waals surface area contributed by atoms with Crippen molar-refractivity contribution < 1.29 is 14.3 Å². The molecule has 4 heteroatoms. The molecule has 0 spiro atoms. The van der Waals surface area contributed by atoms with Gasteiger partial charge in [0.05, 0.1) is 6.04 Å². The molecule has 0 radical (unpaired) electrons. The third-order valence-corrected chi connectivity index (χ3v) is 4.93. The second-order valence-electron chi connectivity index (χ2n) is 6.46. The van der Waals surface area contributed by atoms with E-state index in [9.17, 15) is 4.79 Å². The molecule has 132 valence electrons. The zero-order chi connectivity index (χ0) is 17.7. The zero-order valence-corrected chi connectivity index (χ0v) is 14.8. The number of para-hydroxylation sites is 2. The molecule has 0 aromatic heterocycles. The Balaban J connectivity index is 1.70. The van der Waals surface area contributed by atoms with Crippen molar-refractivity contribution in [2.75, 3.05) is 6.61 Å². The molecule has 0 aliphatic carbocycles. The standard InChI is InChI=1S/C21H25NO3/c1-3-21(4-2)14-18(17-12-8-9-13-19(17)25-21)22-20(23)15-24-16-10-6-5-7-11-16/h5-13,18H,3-4,14-15H2,1-2H3,(H,22,23)/t18-/m1/s1. The molecule has 1 amide bonds. The van der Waals surface area contributed by atoms with E-state index in [1.807, 2.05) is 54.6 Å². The van der Waals surface area contributed by atoms with Crippen LogP contribution in [0.25, 0.3) is 0 Å². The van der Waals surface area contributed by atoms with Crippen LogP contribution < -0.4 is 14.8 Å². The number of rotatable bonds is 6. The first-order chi connectivity index (χ1) is 12.2. The second kappa shape index (κ2) is 7.60. The van der Waals surface area contributed by atoms with Crippen LogP contribution in [0.1, 0.15) is 44.7 Å². The summed E-state index contributed by atoms with van der Waals surface area (Å²) in [4.78, 5) is 12.4. The molecule has 25 heavy (non-hydrogen) atoms. The lowest BCUT2D eigenvalue weighted by Gasteiger charge is -2.41. The minimum atomic E-state index is -0.230. The molecule has 0 bridgehead atoms. The molecule has 3 rings (SSSR count). The van der Waals surface area contributed by atoms with E-state index in [4.69, 9.17) is 9.47 Å². The van der Waals surface area contributed by atoms with Gasteiger partial charge < -0.3 is 14.8 Å². The van der Waals surface area contributed by atoms with Crippen LogP contribution >= 0.6 is 0 Å². The fourth-order valence-corrected chi connectivity index (χ4v) is 3.33. The fourth-order valence-electron chi connectivity index (χ4n) is 3.33. The Morgan fingerprint density at radius 3 is 2.52 bits per heavy atom. The molecular formula is C21H25NO3. The maximum absolute atomic E-state index is 12.4. The van der Waals surface area contributed by atoms with E-state index in [-0.39, 0.29) is 24.2 Å². The Bertz CT molecular complexity index is 710. The molecule has 1 atom stereocenters. The molecule has 0 saturated carbocycles. The van der Waals surface area contributed by atoms with Crippen LogP contribution in [0.4, 0.5) is 0 Å². The molecule has 1 aliphatic rings. The lowest BCUT2D eigenvalue weighted by Crippen LogP contribution is -2.45. The number of fused-ring (bicyclic) bond motifs is 1. The highest BCUT2D eigenvalue weighted by Crippen LogP contribution is 2.42. The van der Waals surface area contributed by atoms with Gasteiger partial charge in [-0.1, -0.05) is 50.2 Å². The van der Waals surface area contributed by atoms with Gasteiger partial charge in [0.2, 0.25) is 0 Å². The molecule has 2 aromatic carbocycles. The zero-order valence-electron chi connectivity index (χ0n) is 14.8. The Kier molecular flexibility index (Phi) is 5.27. The number of benzene rings is 2. The van der Waals surface area contributed by atoms with Crippen molar-refractivity contribution in [3.05, 3.63) is 60.2 Å². The number of hydrogen-bond donors (Lipinski definition) is 1. The van der Waals surface area contributed by atoms with E-state index in [0.29, 0.717) is 5.75 Å². The number of ether oxygens (including phenoxy) is 2. The quantitative estimate of drug-likeness (QED) is 0.855. The summed E-state index contributed by atoms with van der Waals surface area (Å²) < 4.78 is 11.8. The predicted molar refractivity (Wildman–Crippen MR) is 97.8 cm³/mol. The average Bonchev–Trinajstić information content (AvgIpc) is 2.67. The van der Waals surface area contributed by atoms with Crippen LogP contribution in [0.3, 0.4) is 0 Å². The molecular weight excluding hydrogens is 314 g/mol. The van der Waals surface area contributed by atoms with Crippen LogP contribution in [-0.2, 0) is 4.79 Å². The first kappa shape index (κ1) is 17.3. The van der Waals surface area contributed by atoms with E-state index < -0.39 is 0 Å². The third kappa shape index (κ3) is 3.95. The Morgan fingerprint density at radius 2 is 1.80 bits per heavy atom. The van der Waals surface area contributed by atoms with Crippen LogP contribution in [0, 0.1) is 0 Å². The lowest BCUT2D eigenvalue weighted by molar-refractivity contribution is -0.124. The van der Waals surface area contributed by atoms with Gasteiger partial charge in [0, 0.05) is 12.0 Å². The van der Waals surface area contributed by atoms with Gasteiger partial charge in [0.25, 0.3) is 5.91 Å². The van der Waals surface area contributed by atoms with Gasteiger partial charge >= 0.3 is 0 Å². The van der Waals surface area contributed by atoms with Crippen molar-refractivity contribution in [3.8, 4) is 11.5 Å². The van der Waals surface area contributed by atoms with Crippen LogP contribution in [0.15, 0.2) is 54.6 Å². The summed E-state index contributed by atoms with van der Waals surface area (Å²) in [6, 6.07) is 17.3. The normalized spacial score (nSPS) is 17.9. The van der Waals surface area contributed by atoms with Crippen LogP contribution in [0.5, 0.6) is 11.5 Å². The SMILES string of the molecule is CCC1(CC)C[C@@H](NC(=O)COc2ccccc2)c2ccccc2O1. The molecule has 0 fully saturated rings. The minimum Gasteiger partial charge on any atom is -0.487 e. The van der Waals surface area contributed by atoms with Crippen molar-refractivity contribution >= 4 is 5.91 Å². The van der Waals surface area contributed by atoms with Crippen molar-refractivity contribution in [2.45, 2.75) is 44.8 Å². The summed E-state index contributed by atoms with van der Waals surface area (Å²) in [5.74, 6) is 1.44. The van der Waals surface area contributed by atoms with E-state index in [0.717, 1.165) is 30.6 Å². The maximum atomic E-state index is 12.4. The first-order valence-electron chi connectivity index (χ1n) is 8.91. The van der Waals surface area contributed by atoms with Gasteiger partial charge in [0.1, 0.15) is 17.1 Å². The van der Waals surface area contributed by atoms with E-state index in [1.54, 1.807) is 0 Å². The van der Waals surface area contributed by atoms with E-state index in [2.05, 4.69) is 19.2 Å². The highest BCUT2D eigenvalue weighted by molar-refractivity contribution is 5.78. The number of hydrogen-bond acceptors (Lipinski definition) is 3. The average molecular weight is 339 g/mol. The molecule has 1 heterocycles. The van der Waals surface area contributed by atoms with Gasteiger partial charge in [0.15, 0.2) is 6.61 Å². The molecule has 1 aliphatic heterocycles. The minimum absolute atomic E-state index is 0.00872. The molecule has 0 saturated heterocycles. The second-order valence-corrected chi connectivity index (χ2v) is 6.46. The highest BCUT2D eigenvalue weighted by atomic mass is 16.5. The smallest absolute Gasteiger partial charge is 0.258 e. The Morgan fingerprint density at radius 1 is 1.12 bits per heavy atom. The first-order valence-corrected chi connectivity index (χ1v) is 8.91. The van der Waals surface area contributed by atoms with Gasteiger partial charge in [-0.15, -0.1) is 0 Å². The number of carbonyl (C=O) groups is 1. The lowest BCUT2D eigenvalue weighted by atomic mass is 9.83. The van der Waals surface area contributed by atoms with Crippen LogP contribution in [0.2, 0.25) is 0 Å². The molecule has 2 aromatic rings. The Hall–Kier alpha value is -2.49. The fraction of sp³-hybridized carbons (Fsp3) is 0.381. The summed E-state index contributed by atoms with van der Waals surface area (Å²) in [6.07, 6.45) is 2.59. The third-order valence-electron chi connectivity index (χ3n) is 4.93. The number of amides is 1. The van der Waals surface area contributed by atoms with E-state index >= 15 is 0 Å².